The van der Waals surface area contributed by atoms with Crippen LogP contribution in [-0.2, 0) is 51.0 Å². The van der Waals surface area contributed by atoms with Crippen LogP contribution in [0.4, 0.5) is 26.3 Å². The van der Waals surface area contributed by atoms with E-state index in [-0.39, 0.29) is 44.5 Å². The van der Waals surface area contributed by atoms with Crippen molar-refractivity contribution in [3.8, 4) is 0 Å². The van der Waals surface area contributed by atoms with Crippen molar-refractivity contribution >= 4 is 43.7 Å². The fourth-order valence-corrected chi connectivity index (χ4v) is 1.66. The van der Waals surface area contributed by atoms with Gasteiger partial charge in [-0.05, 0) is 0 Å². The van der Waals surface area contributed by atoms with Gasteiger partial charge in [-0.2, -0.15) is 26.3 Å². The van der Waals surface area contributed by atoms with Crippen LogP contribution in [0, 0.1) is 10.8 Å². The first-order valence-electron chi connectivity index (χ1n) is 11.3. The van der Waals surface area contributed by atoms with E-state index in [9.17, 15) is 26.3 Å². The first-order chi connectivity index (χ1) is 20.0. The Morgan fingerprint density at radius 3 is 1.09 bits per heavy atom. The van der Waals surface area contributed by atoms with E-state index in [0.717, 1.165) is 11.1 Å². The number of nitrogens with zero attached hydrogens (tertiary/aromatic N) is 2. The Kier molecular flexibility index (Phi) is 21.6. The Bertz CT molecular complexity index is 1350. The summed E-state index contributed by atoms with van der Waals surface area (Å²) in [5.74, 6) is 0.764. The molecule has 0 radical (unpaired) electrons. The average molecular weight is 876 g/mol. The minimum atomic E-state index is -6.09. The Morgan fingerprint density at radius 2 is 0.911 bits per heavy atom. The molecule has 2 aromatic carbocycles. The molecule has 256 valence electrons. The molecule has 2 rings (SSSR count). The minimum Gasteiger partial charge on any atom is -0.741 e. The molecule has 2 aromatic rings. The predicted octanol–water partition coefficient (Wildman–Crippen LogP) is 3.52. The summed E-state index contributed by atoms with van der Waals surface area (Å²) in [6, 6.07) is 18.6. The first kappa shape index (κ1) is 45.8. The quantitative estimate of drug-likeness (QED) is 0.0820. The molecule has 0 aliphatic heterocycles. The van der Waals surface area contributed by atoms with Gasteiger partial charge in [0.2, 0.25) is 11.8 Å². The topological polar surface area (TPSA) is 257 Å². The summed E-state index contributed by atoms with van der Waals surface area (Å²) in [4.78, 5) is 9.51. The van der Waals surface area contributed by atoms with Gasteiger partial charge >= 0.3 is 32.1 Å². The van der Waals surface area contributed by atoms with Crippen molar-refractivity contribution in [1.29, 1.82) is 10.8 Å². The van der Waals surface area contributed by atoms with E-state index in [1.807, 2.05) is 74.5 Å². The monoisotopic (exact) mass is 875 g/mol. The third kappa shape index (κ3) is 21.7. The molecule has 6 N–H and O–H groups in total. The van der Waals surface area contributed by atoms with Gasteiger partial charge in [-0.15, -0.1) is 0 Å². The summed E-state index contributed by atoms with van der Waals surface area (Å²) in [6.45, 7) is 3.63. The van der Waals surface area contributed by atoms with Gasteiger partial charge in [0.05, 0.1) is 0 Å². The Hall–Kier alpha value is -3.59. The van der Waals surface area contributed by atoms with E-state index in [1.165, 1.54) is 0 Å². The average Bonchev–Trinajstić information content (AvgIpc) is 2.94. The fraction of sp³-hybridized carbons (Fsp3) is 0.273. The molecule has 0 atom stereocenters. The maximum absolute atomic E-state index is 10.7. The number of nitrogens with two attached hydrogens (primary N) is 2. The number of hydrogen-bond acceptors (Lipinski definition) is 12. The number of amidine groups is 2. The van der Waals surface area contributed by atoms with E-state index in [1.54, 1.807) is 0 Å². The molecular weight excluding hydrogens is 849 g/mol. The molecule has 0 unspecified atom stereocenters. The number of nitrogens with one attached hydrogen (secondary N) is 2. The fourth-order valence-electron chi connectivity index (χ4n) is 1.66. The van der Waals surface area contributed by atoms with Crippen LogP contribution in [0.5, 0.6) is 0 Å². The molecule has 14 nitrogen and oxygen atoms in total. The molecule has 0 saturated carbocycles. The Morgan fingerprint density at radius 1 is 0.689 bits per heavy atom. The summed E-state index contributed by atoms with van der Waals surface area (Å²) in [7, 11) is -12.2. The predicted molar refractivity (Wildman–Crippen MR) is 144 cm³/mol. The summed E-state index contributed by atoms with van der Waals surface area (Å²) >= 11 is 0. The summed E-state index contributed by atoms with van der Waals surface area (Å²) < 4.78 is 118. The van der Waals surface area contributed by atoms with Gasteiger partial charge in [0.15, 0.2) is 31.9 Å². The number of oxime groups is 2. The van der Waals surface area contributed by atoms with Gasteiger partial charge in [-0.1, -0.05) is 84.8 Å². The van der Waals surface area contributed by atoms with Gasteiger partial charge in [0.25, 0.3) is 0 Å². The SMILES string of the molecule is CCC(=N)O/N=C(\N)c1ccccc1.CCC(=N)O/N=C(\N)c1ccccc1.O=S(=O)([O-])C(F)(F)F.O=S(=O)([O-])C(F)(F)F.[Pt+2]. The van der Waals surface area contributed by atoms with Crippen LogP contribution in [0.1, 0.15) is 37.8 Å². The summed E-state index contributed by atoms with van der Waals surface area (Å²) in [5.41, 5.74) is 1.54. The van der Waals surface area contributed by atoms with Crippen LogP contribution >= 0.6 is 0 Å². The Balaban J connectivity index is -0.000000538. The zero-order chi connectivity index (χ0) is 34.8. The van der Waals surface area contributed by atoms with E-state index in [2.05, 4.69) is 10.3 Å². The zero-order valence-corrected chi connectivity index (χ0v) is 26.8. The molecule has 0 amide bonds. The molecule has 45 heavy (non-hydrogen) atoms. The molecule has 0 spiro atoms. The second kappa shape index (κ2) is 21.2. The van der Waals surface area contributed by atoms with Gasteiger partial charge in [0, 0.05) is 24.0 Å². The van der Waals surface area contributed by atoms with Crippen molar-refractivity contribution in [2.24, 2.45) is 21.8 Å². The van der Waals surface area contributed by atoms with Crippen molar-refractivity contribution < 1.29 is 83.0 Å². The number of halogens is 6. The van der Waals surface area contributed by atoms with Crippen molar-refractivity contribution in [3.05, 3.63) is 71.8 Å². The van der Waals surface area contributed by atoms with Crippen molar-refractivity contribution in [2.45, 2.75) is 37.7 Å². The maximum Gasteiger partial charge on any atom is 2.00 e. The number of benzene rings is 2. The molecule has 0 aromatic heterocycles. The van der Waals surface area contributed by atoms with Gasteiger partial charge in [-0.3, -0.25) is 10.8 Å². The normalized spacial score (nSPS) is 11.9. The summed E-state index contributed by atoms with van der Waals surface area (Å²) in [6.07, 6.45) is 1.01. The second-order valence-corrected chi connectivity index (χ2v) is 9.96. The van der Waals surface area contributed by atoms with Crippen LogP contribution in [0.15, 0.2) is 71.0 Å². The van der Waals surface area contributed by atoms with E-state index >= 15 is 0 Å². The molecule has 0 heterocycles. The second-order valence-electron chi connectivity index (χ2n) is 7.22. The van der Waals surface area contributed by atoms with Crippen LogP contribution in [0.2, 0.25) is 0 Å². The largest absolute Gasteiger partial charge is 2.00 e. The third-order valence-electron chi connectivity index (χ3n) is 3.86. The number of alkyl halides is 6. The van der Waals surface area contributed by atoms with Gasteiger partial charge in [-0.25, -0.2) is 16.8 Å². The molecule has 0 fully saturated rings. The van der Waals surface area contributed by atoms with Crippen LogP contribution in [0.3, 0.4) is 0 Å². The van der Waals surface area contributed by atoms with E-state index in [0.29, 0.717) is 12.8 Å². The third-order valence-corrected chi connectivity index (χ3v) is 4.99. The molecule has 0 saturated heterocycles. The van der Waals surface area contributed by atoms with E-state index < -0.39 is 31.3 Å². The standard InChI is InChI=1S/2C10H13N3O.2CHF3O3S.Pt/c2*1-2-9(11)14-13-10(12)8-6-4-3-5-7-8;2*2-1(3,4)8(5,6)7;/h2*3-7,11H,2H2,1H3,(H2,12,13);2*(H,5,6,7);/q;;;;+2/p-2. The van der Waals surface area contributed by atoms with Crippen LogP contribution < -0.4 is 11.5 Å². The van der Waals surface area contributed by atoms with Gasteiger partial charge in [0.1, 0.15) is 0 Å². The number of rotatable bonds is 6. The molecule has 0 bridgehead atoms. The first-order valence-corrected chi connectivity index (χ1v) is 14.1. The summed E-state index contributed by atoms with van der Waals surface area (Å²) in [5, 5.41) is 21.7. The van der Waals surface area contributed by atoms with Gasteiger partial charge < -0.3 is 30.2 Å². The maximum atomic E-state index is 10.7. The smallest absolute Gasteiger partial charge is 0.741 e. The van der Waals surface area contributed by atoms with Crippen molar-refractivity contribution in [2.75, 3.05) is 0 Å². The van der Waals surface area contributed by atoms with Crippen molar-refractivity contribution in [1.82, 2.24) is 0 Å². The molecule has 0 aliphatic rings. The van der Waals surface area contributed by atoms with Crippen LogP contribution in [-0.4, -0.2) is 60.4 Å². The van der Waals surface area contributed by atoms with Crippen molar-refractivity contribution in [3.63, 3.8) is 0 Å². The molecule has 23 heteroatoms. The zero-order valence-electron chi connectivity index (χ0n) is 22.9. The number of hydrogen-bond donors (Lipinski definition) is 4. The van der Waals surface area contributed by atoms with E-state index in [4.69, 9.17) is 57.9 Å². The minimum absolute atomic E-state index is 0. The molecule has 0 aliphatic carbocycles. The molecular formula is C22H26F6N6O8PtS2. The van der Waals surface area contributed by atoms with Crippen LogP contribution in [0.25, 0.3) is 0 Å². The Labute approximate surface area is 268 Å².